The van der Waals surface area contributed by atoms with Gasteiger partial charge in [0.05, 0.1) is 13.0 Å². The van der Waals surface area contributed by atoms with Gasteiger partial charge in [0.25, 0.3) is 0 Å². The molecule has 1 aromatic rings. The minimum Gasteiger partial charge on any atom is -0.493 e. The highest BCUT2D eigenvalue weighted by molar-refractivity contribution is 5.78. The number of carboxylic acids is 1. The number of benzene rings is 1. The molecule has 0 saturated heterocycles. The minimum absolute atomic E-state index is 0.0716. The Balaban J connectivity index is 2.30. The Hall–Kier alpha value is -2.04. The molecule has 0 radical (unpaired) electrons. The summed E-state index contributed by atoms with van der Waals surface area (Å²) in [7, 11) is 0. The zero-order chi connectivity index (χ0) is 15.7. The van der Waals surface area contributed by atoms with Gasteiger partial charge in [0.2, 0.25) is 5.91 Å². The van der Waals surface area contributed by atoms with Crippen LogP contribution in [0.1, 0.15) is 32.3 Å². The number of rotatable bonds is 9. The molecule has 1 rings (SSSR count). The van der Waals surface area contributed by atoms with Gasteiger partial charge in [-0.15, -0.1) is 0 Å². The summed E-state index contributed by atoms with van der Waals surface area (Å²) in [5, 5.41) is 11.2. The molecule has 0 saturated carbocycles. The zero-order valence-corrected chi connectivity index (χ0v) is 12.6. The number of carbonyl (C=O) groups is 2. The predicted octanol–water partition coefficient (Wildman–Crippen LogP) is 2.24. The molecule has 2 N–H and O–H groups in total. The molecule has 116 valence electrons. The number of amides is 1. The summed E-state index contributed by atoms with van der Waals surface area (Å²) >= 11 is 0. The van der Waals surface area contributed by atoms with E-state index < -0.39 is 5.97 Å². The molecule has 0 aliphatic rings. The maximum atomic E-state index is 11.7. The predicted molar refractivity (Wildman–Crippen MR) is 80.4 cm³/mol. The van der Waals surface area contributed by atoms with Crippen molar-refractivity contribution in [2.75, 3.05) is 13.2 Å². The highest BCUT2D eigenvalue weighted by Crippen LogP contribution is 2.13. The van der Waals surface area contributed by atoms with E-state index in [1.165, 1.54) is 0 Å². The molecular formula is C16H23NO4. The number of hydrogen-bond donors (Lipinski definition) is 2. The Morgan fingerprint density at radius 3 is 2.48 bits per heavy atom. The van der Waals surface area contributed by atoms with Gasteiger partial charge in [0.15, 0.2) is 0 Å². The Morgan fingerprint density at radius 2 is 1.90 bits per heavy atom. The van der Waals surface area contributed by atoms with Crippen molar-refractivity contribution in [3.05, 3.63) is 29.8 Å². The van der Waals surface area contributed by atoms with Crippen LogP contribution in [0.15, 0.2) is 24.3 Å². The number of hydrogen-bond acceptors (Lipinski definition) is 3. The molecule has 0 bridgehead atoms. The molecule has 0 heterocycles. The first-order valence-corrected chi connectivity index (χ1v) is 7.17. The first kappa shape index (κ1) is 17.0. The lowest BCUT2D eigenvalue weighted by molar-refractivity contribution is -0.137. The van der Waals surface area contributed by atoms with Crippen LogP contribution in [0.5, 0.6) is 5.75 Å². The fourth-order valence-corrected chi connectivity index (χ4v) is 1.68. The van der Waals surface area contributed by atoms with Crippen molar-refractivity contribution in [2.45, 2.75) is 33.1 Å². The average Bonchev–Trinajstić information content (AvgIpc) is 2.42. The maximum absolute atomic E-state index is 11.7. The molecule has 0 aliphatic heterocycles. The second-order valence-electron chi connectivity index (χ2n) is 5.37. The summed E-state index contributed by atoms with van der Waals surface area (Å²) in [6, 6.07) is 7.45. The van der Waals surface area contributed by atoms with Gasteiger partial charge in [-0.1, -0.05) is 26.0 Å². The van der Waals surface area contributed by atoms with Crippen LogP contribution >= 0.6 is 0 Å². The van der Waals surface area contributed by atoms with Crippen molar-refractivity contribution in [3.8, 4) is 5.75 Å². The standard InChI is InChI=1S/C16H23NO4/c1-12(2)11-21-14-7-5-13(6-8-14)10-15(18)17-9-3-4-16(19)20/h5-8,12H,3-4,9-11H2,1-2H3,(H,17,18)(H,19,20). The molecule has 21 heavy (non-hydrogen) atoms. The minimum atomic E-state index is -0.846. The summed E-state index contributed by atoms with van der Waals surface area (Å²) in [4.78, 5) is 22.0. The van der Waals surface area contributed by atoms with E-state index >= 15 is 0 Å². The smallest absolute Gasteiger partial charge is 0.303 e. The summed E-state index contributed by atoms with van der Waals surface area (Å²) in [5.41, 5.74) is 0.905. The Labute approximate surface area is 125 Å². The monoisotopic (exact) mass is 293 g/mol. The third kappa shape index (κ3) is 7.97. The first-order chi connectivity index (χ1) is 9.97. The number of ether oxygens (including phenoxy) is 1. The average molecular weight is 293 g/mol. The van der Waals surface area contributed by atoms with Crippen LogP contribution < -0.4 is 10.1 Å². The molecule has 0 aromatic heterocycles. The van der Waals surface area contributed by atoms with Crippen molar-refractivity contribution in [1.29, 1.82) is 0 Å². The van der Waals surface area contributed by atoms with E-state index in [4.69, 9.17) is 9.84 Å². The van der Waals surface area contributed by atoms with Gasteiger partial charge in [-0.05, 0) is 30.0 Å². The normalized spacial score (nSPS) is 10.4. The second-order valence-corrected chi connectivity index (χ2v) is 5.37. The van der Waals surface area contributed by atoms with Gasteiger partial charge in [-0.25, -0.2) is 0 Å². The Morgan fingerprint density at radius 1 is 1.24 bits per heavy atom. The SMILES string of the molecule is CC(C)COc1ccc(CC(=O)NCCCC(=O)O)cc1. The molecule has 5 heteroatoms. The molecular weight excluding hydrogens is 270 g/mol. The summed E-state index contributed by atoms with van der Waals surface area (Å²) in [6.45, 7) is 5.23. The fraction of sp³-hybridized carbons (Fsp3) is 0.500. The van der Waals surface area contributed by atoms with Crippen LogP contribution in [0.2, 0.25) is 0 Å². The first-order valence-electron chi connectivity index (χ1n) is 7.17. The van der Waals surface area contributed by atoms with Crippen molar-refractivity contribution in [2.24, 2.45) is 5.92 Å². The quantitative estimate of drug-likeness (QED) is 0.685. The number of nitrogens with one attached hydrogen (secondary N) is 1. The van der Waals surface area contributed by atoms with Crippen LogP contribution in [0.25, 0.3) is 0 Å². The lowest BCUT2D eigenvalue weighted by Gasteiger charge is -2.09. The van der Waals surface area contributed by atoms with Crippen LogP contribution in [0.3, 0.4) is 0 Å². The van der Waals surface area contributed by atoms with E-state index in [1.807, 2.05) is 24.3 Å². The van der Waals surface area contributed by atoms with Gasteiger partial charge in [-0.3, -0.25) is 9.59 Å². The number of carboxylic acid groups (broad SMARTS) is 1. The lowest BCUT2D eigenvalue weighted by atomic mass is 10.1. The van der Waals surface area contributed by atoms with Crippen LogP contribution in [-0.2, 0) is 16.0 Å². The summed E-state index contributed by atoms with van der Waals surface area (Å²) < 4.78 is 5.57. The molecule has 0 fully saturated rings. The van der Waals surface area contributed by atoms with E-state index in [2.05, 4.69) is 19.2 Å². The van der Waals surface area contributed by atoms with Crippen molar-refractivity contribution in [1.82, 2.24) is 5.32 Å². The fourth-order valence-electron chi connectivity index (χ4n) is 1.68. The maximum Gasteiger partial charge on any atom is 0.303 e. The van der Waals surface area contributed by atoms with Crippen molar-refractivity contribution >= 4 is 11.9 Å². The molecule has 1 amide bonds. The van der Waals surface area contributed by atoms with E-state index in [0.717, 1.165) is 11.3 Å². The zero-order valence-electron chi connectivity index (χ0n) is 12.6. The molecule has 0 spiro atoms. The molecule has 0 unspecified atom stereocenters. The third-order valence-corrected chi connectivity index (χ3v) is 2.76. The van der Waals surface area contributed by atoms with Crippen LogP contribution in [0, 0.1) is 5.92 Å². The van der Waals surface area contributed by atoms with Crippen molar-refractivity contribution in [3.63, 3.8) is 0 Å². The van der Waals surface area contributed by atoms with Gasteiger partial charge >= 0.3 is 5.97 Å². The molecule has 1 aromatic carbocycles. The van der Waals surface area contributed by atoms with Gasteiger partial charge in [0.1, 0.15) is 5.75 Å². The largest absolute Gasteiger partial charge is 0.493 e. The molecule has 0 atom stereocenters. The van der Waals surface area contributed by atoms with E-state index in [9.17, 15) is 9.59 Å². The topological polar surface area (TPSA) is 75.6 Å². The highest BCUT2D eigenvalue weighted by atomic mass is 16.5. The van der Waals surface area contributed by atoms with E-state index in [-0.39, 0.29) is 18.7 Å². The van der Waals surface area contributed by atoms with Crippen LogP contribution in [-0.4, -0.2) is 30.1 Å². The lowest BCUT2D eigenvalue weighted by Crippen LogP contribution is -2.26. The number of aliphatic carboxylic acids is 1. The highest BCUT2D eigenvalue weighted by Gasteiger charge is 2.04. The van der Waals surface area contributed by atoms with Gasteiger partial charge in [0, 0.05) is 13.0 Å². The third-order valence-electron chi connectivity index (χ3n) is 2.76. The van der Waals surface area contributed by atoms with Gasteiger partial charge < -0.3 is 15.2 Å². The molecule has 5 nitrogen and oxygen atoms in total. The number of carbonyl (C=O) groups excluding carboxylic acids is 1. The summed E-state index contributed by atoms with van der Waals surface area (Å²) in [5.74, 6) is 0.327. The van der Waals surface area contributed by atoms with Gasteiger partial charge in [-0.2, -0.15) is 0 Å². The Bertz CT molecular complexity index is 454. The second kappa shape index (κ2) is 9.00. The van der Waals surface area contributed by atoms with E-state index in [0.29, 0.717) is 25.5 Å². The molecule has 0 aliphatic carbocycles. The van der Waals surface area contributed by atoms with Crippen LogP contribution in [0.4, 0.5) is 0 Å². The Kier molecular flexibility index (Phi) is 7.29. The van der Waals surface area contributed by atoms with E-state index in [1.54, 1.807) is 0 Å². The van der Waals surface area contributed by atoms with Crippen molar-refractivity contribution < 1.29 is 19.4 Å². The summed E-state index contributed by atoms with van der Waals surface area (Å²) in [6.07, 6.45) is 0.808.